The molecule has 0 aliphatic carbocycles. The van der Waals surface area contributed by atoms with Gasteiger partial charge in [0.2, 0.25) is 0 Å². The van der Waals surface area contributed by atoms with Crippen LogP contribution in [-0.2, 0) is 16.6 Å². The second-order valence-corrected chi connectivity index (χ2v) is 7.41. The zero-order valence-corrected chi connectivity index (χ0v) is 14.1. The van der Waals surface area contributed by atoms with Crippen LogP contribution in [0.3, 0.4) is 0 Å². The molecule has 4 N–H and O–H groups in total. The Balaban J connectivity index is 2.28. The Hall–Kier alpha value is -2.30. The minimum Gasteiger partial charge on any atom is -0.507 e. The van der Waals surface area contributed by atoms with E-state index in [9.17, 15) is 18.6 Å². The molecular weight excluding hydrogens is 372 g/mol. The molecule has 0 aliphatic rings. The van der Waals surface area contributed by atoms with Crippen molar-refractivity contribution in [3.8, 4) is 5.75 Å². The number of hydrogen-bond donors (Lipinski definition) is 4. The summed E-state index contributed by atoms with van der Waals surface area (Å²) in [6, 6.07) is 7.74. The van der Waals surface area contributed by atoms with Gasteiger partial charge in [0, 0.05) is 17.1 Å². The Morgan fingerprint density at radius 1 is 1.16 bits per heavy atom. The van der Waals surface area contributed by atoms with Crippen LogP contribution in [0.2, 0.25) is 5.02 Å². The number of phenolic OH excluding ortho intramolecular Hbond substituents is 1. The average Bonchev–Trinajstić information content (AvgIpc) is 2.95. The van der Waals surface area contributed by atoms with Gasteiger partial charge in [-0.15, -0.1) is 5.23 Å². The molecule has 10 heteroatoms. The molecule has 0 unspecified atom stereocenters. The Kier molecular flexibility index (Phi) is 4.35. The third-order valence-electron chi connectivity index (χ3n) is 3.71. The molecule has 0 amide bonds. The number of aromatic hydroxyl groups is 1. The Morgan fingerprint density at radius 3 is 2.52 bits per heavy atom. The molecule has 0 fully saturated rings. The summed E-state index contributed by atoms with van der Waals surface area (Å²) in [6.45, 7) is -0.469. The molecule has 3 rings (SSSR count). The molecule has 3 aromatic rings. The highest BCUT2D eigenvalue weighted by Crippen LogP contribution is 2.34. The largest absolute Gasteiger partial charge is 0.507 e. The van der Waals surface area contributed by atoms with Crippen LogP contribution in [0.4, 0.5) is 5.69 Å². The second kappa shape index (κ2) is 6.21. The van der Waals surface area contributed by atoms with Gasteiger partial charge in [0.1, 0.15) is 11.4 Å². The Morgan fingerprint density at radius 2 is 1.88 bits per heavy atom. The lowest BCUT2D eigenvalue weighted by Crippen LogP contribution is -2.15. The van der Waals surface area contributed by atoms with E-state index in [4.69, 9.17) is 22.0 Å². The topological polar surface area (TPSA) is 123 Å². The molecule has 1 heterocycles. The first-order valence-electron chi connectivity index (χ1n) is 6.93. The van der Waals surface area contributed by atoms with E-state index in [2.05, 4.69) is 0 Å². The fourth-order valence-electron chi connectivity index (χ4n) is 2.56. The zero-order chi connectivity index (χ0) is 18.4. The van der Waals surface area contributed by atoms with E-state index in [1.165, 1.54) is 36.5 Å². The monoisotopic (exact) mass is 384 g/mol. The molecule has 8 nitrogen and oxygen atoms in total. The van der Waals surface area contributed by atoms with Crippen LogP contribution in [0.25, 0.3) is 10.9 Å². The normalized spacial score (nSPS) is 11.8. The van der Waals surface area contributed by atoms with Crippen LogP contribution in [-0.4, -0.2) is 33.0 Å². The molecule has 0 spiro atoms. The quantitative estimate of drug-likeness (QED) is 0.509. The van der Waals surface area contributed by atoms with E-state index in [-0.39, 0.29) is 43.0 Å². The molecule has 1 aromatic heterocycles. The molecule has 132 valence electrons. The molecular formula is C15H13ClN2O6S. The lowest BCUT2D eigenvalue weighted by atomic mass is 10.1. The number of aliphatic hydroxyl groups is 1. The standard InChI is InChI=1S/C15H13ClN2O6S/c16-11-5-4-10(6-13(11)18(21)22)25(23,24)17-7-9(8-19)15-12(17)2-1-3-14(15)20/h1-7,19-22H,8H2. The summed E-state index contributed by atoms with van der Waals surface area (Å²) in [5, 5.41) is 37.6. The van der Waals surface area contributed by atoms with Crippen molar-refractivity contribution in [3.05, 3.63) is 53.2 Å². The number of aliphatic hydroxyl groups excluding tert-OH is 1. The Bertz CT molecular complexity index is 1060. The molecule has 0 atom stereocenters. The minimum atomic E-state index is -4.16. The number of halogens is 1. The molecule has 2 aromatic carbocycles. The number of fused-ring (bicyclic) bond motifs is 1. The first-order chi connectivity index (χ1) is 11.8. The van der Waals surface area contributed by atoms with Crippen LogP contribution in [0.15, 0.2) is 47.5 Å². The van der Waals surface area contributed by atoms with E-state index < -0.39 is 16.6 Å². The highest BCUT2D eigenvalue weighted by Gasteiger charge is 2.24. The van der Waals surface area contributed by atoms with Crippen molar-refractivity contribution < 1.29 is 29.0 Å². The van der Waals surface area contributed by atoms with E-state index >= 15 is 0 Å². The molecule has 0 saturated heterocycles. The van der Waals surface area contributed by atoms with E-state index in [1.807, 2.05) is 0 Å². The van der Waals surface area contributed by atoms with Gasteiger partial charge >= 0.3 is 0 Å². The van der Waals surface area contributed by atoms with Crippen molar-refractivity contribution in [1.29, 1.82) is 0 Å². The second-order valence-electron chi connectivity index (χ2n) is 5.19. The zero-order valence-electron chi connectivity index (χ0n) is 12.5. The average molecular weight is 385 g/mol. The molecule has 0 bridgehead atoms. The van der Waals surface area contributed by atoms with Crippen molar-refractivity contribution in [2.75, 3.05) is 5.23 Å². The SMILES string of the molecule is O=S(=O)(c1ccc(Cl)c(N(O)O)c1)n1cc(CO)c2c(O)cccc21. The van der Waals surface area contributed by atoms with Crippen LogP contribution >= 0.6 is 11.6 Å². The summed E-state index contributed by atoms with van der Waals surface area (Å²) in [5.74, 6) is -0.163. The van der Waals surface area contributed by atoms with Gasteiger partial charge in [-0.1, -0.05) is 17.7 Å². The van der Waals surface area contributed by atoms with E-state index in [0.29, 0.717) is 0 Å². The van der Waals surface area contributed by atoms with Gasteiger partial charge in [-0.05, 0) is 30.3 Å². The predicted molar refractivity (Wildman–Crippen MR) is 89.6 cm³/mol. The lowest BCUT2D eigenvalue weighted by Gasteiger charge is -2.13. The van der Waals surface area contributed by atoms with Gasteiger partial charge in [0.05, 0.1) is 22.0 Å². The van der Waals surface area contributed by atoms with Crippen molar-refractivity contribution in [1.82, 2.24) is 3.97 Å². The van der Waals surface area contributed by atoms with Crippen molar-refractivity contribution >= 4 is 38.2 Å². The van der Waals surface area contributed by atoms with Crippen molar-refractivity contribution in [2.45, 2.75) is 11.5 Å². The number of rotatable bonds is 4. The fourth-order valence-corrected chi connectivity index (χ4v) is 4.15. The Labute approximate surface area is 147 Å². The van der Waals surface area contributed by atoms with Crippen LogP contribution < -0.4 is 5.23 Å². The number of nitrogens with zero attached hydrogens (tertiary/aromatic N) is 2. The third kappa shape index (κ3) is 2.81. The summed E-state index contributed by atoms with van der Waals surface area (Å²) in [6.07, 6.45) is 1.20. The van der Waals surface area contributed by atoms with Gasteiger partial charge in [0.25, 0.3) is 10.0 Å². The van der Waals surface area contributed by atoms with E-state index in [1.54, 1.807) is 0 Å². The fraction of sp³-hybridized carbons (Fsp3) is 0.0667. The van der Waals surface area contributed by atoms with Crippen LogP contribution in [0.5, 0.6) is 5.75 Å². The highest BCUT2D eigenvalue weighted by atomic mass is 35.5. The summed E-state index contributed by atoms with van der Waals surface area (Å²) in [4.78, 5) is -0.260. The number of benzene rings is 2. The van der Waals surface area contributed by atoms with E-state index in [0.717, 1.165) is 10.0 Å². The van der Waals surface area contributed by atoms with Crippen molar-refractivity contribution in [2.24, 2.45) is 0 Å². The number of phenols is 1. The molecule has 25 heavy (non-hydrogen) atoms. The predicted octanol–water partition coefficient (Wildman–Crippen LogP) is 2.31. The number of hydrogen-bond acceptors (Lipinski definition) is 7. The maximum Gasteiger partial charge on any atom is 0.268 e. The summed E-state index contributed by atoms with van der Waals surface area (Å²) in [5.41, 5.74) is 0.0895. The molecule has 0 aliphatic heterocycles. The van der Waals surface area contributed by atoms with Crippen molar-refractivity contribution in [3.63, 3.8) is 0 Å². The first kappa shape index (κ1) is 17.5. The maximum absolute atomic E-state index is 12.9. The number of anilines is 1. The van der Waals surface area contributed by atoms with Gasteiger partial charge in [-0.3, -0.25) is 10.4 Å². The molecule has 0 radical (unpaired) electrons. The van der Waals surface area contributed by atoms with Crippen LogP contribution in [0, 0.1) is 0 Å². The highest BCUT2D eigenvalue weighted by molar-refractivity contribution is 7.90. The van der Waals surface area contributed by atoms with Gasteiger partial charge in [0.15, 0.2) is 0 Å². The summed E-state index contributed by atoms with van der Waals surface area (Å²) in [7, 11) is -4.16. The van der Waals surface area contributed by atoms with Gasteiger partial charge in [-0.2, -0.15) is 0 Å². The maximum atomic E-state index is 12.9. The number of aromatic nitrogens is 1. The first-order valence-corrected chi connectivity index (χ1v) is 8.75. The van der Waals surface area contributed by atoms with Gasteiger partial charge < -0.3 is 10.2 Å². The minimum absolute atomic E-state index is 0.0602. The third-order valence-corrected chi connectivity index (χ3v) is 5.70. The smallest absolute Gasteiger partial charge is 0.268 e. The van der Waals surface area contributed by atoms with Crippen LogP contribution in [0.1, 0.15) is 5.56 Å². The molecule has 0 saturated carbocycles. The summed E-state index contributed by atoms with van der Waals surface area (Å²) < 4.78 is 26.8. The lowest BCUT2D eigenvalue weighted by molar-refractivity contribution is 0.0291. The summed E-state index contributed by atoms with van der Waals surface area (Å²) >= 11 is 5.80. The van der Waals surface area contributed by atoms with Gasteiger partial charge in [-0.25, -0.2) is 12.4 Å².